The molecule has 26 heavy (non-hydrogen) atoms. The number of nitrogens with one attached hydrogen (secondary N) is 2. The number of rotatable bonds is 7. The van der Waals surface area contributed by atoms with Gasteiger partial charge in [0, 0.05) is 37.9 Å². The second kappa shape index (κ2) is 8.01. The first-order chi connectivity index (χ1) is 12.4. The van der Waals surface area contributed by atoms with Crippen LogP contribution in [0.2, 0.25) is 0 Å². The van der Waals surface area contributed by atoms with E-state index in [-0.39, 0.29) is 11.4 Å². The van der Waals surface area contributed by atoms with Gasteiger partial charge in [0.15, 0.2) is 0 Å². The first-order valence-electron chi connectivity index (χ1n) is 8.85. The Balaban J connectivity index is 1.55. The van der Waals surface area contributed by atoms with Crippen molar-refractivity contribution in [2.75, 3.05) is 36.4 Å². The number of aromatic nitrogens is 2. The molecule has 0 radical (unpaired) electrons. The van der Waals surface area contributed by atoms with E-state index in [1.54, 1.807) is 24.3 Å². The van der Waals surface area contributed by atoms with E-state index >= 15 is 0 Å². The SMILES string of the molecule is Cc1ccc(S(=O)(=O)NCCNc2nc(C)cc(N3CCCC3)n2)cc1. The fourth-order valence-corrected chi connectivity index (χ4v) is 3.93. The van der Waals surface area contributed by atoms with Crippen LogP contribution in [0.25, 0.3) is 0 Å². The Hall–Kier alpha value is -2.19. The van der Waals surface area contributed by atoms with E-state index in [2.05, 4.69) is 24.9 Å². The second-order valence-electron chi connectivity index (χ2n) is 6.52. The molecule has 0 amide bonds. The van der Waals surface area contributed by atoms with Crippen molar-refractivity contribution in [2.24, 2.45) is 0 Å². The van der Waals surface area contributed by atoms with Gasteiger partial charge in [-0.1, -0.05) is 17.7 Å². The average molecular weight is 375 g/mol. The molecule has 0 unspecified atom stereocenters. The summed E-state index contributed by atoms with van der Waals surface area (Å²) in [6, 6.07) is 8.77. The van der Waals surface area contributed by atoms with Crippen LogP contribution in [0.5, 0.6) is 0 Å². The van der Waals surface area contributed by atoms with Gasteiger partial charge in [-0.2, -0.15) is 4.98 Å². The summed E-state index contributed by atoms with van der Waals surface area (Å²) in [5, 5.41) is 3.11. The van der Waals surface area contributed by atoms with E-state index < -0.39 is 10.0 Å². The maximum absolute atomic E-state index is 12.3. The summed E-state index contributed by atoms with van der Waals surface area (Å²) in [7, 11) is -3.50. The second-order valence-corrected chi connectivity index (χ2v) is 8.29. The van der Waals surface area contributed by atoms with Crippen molar-refractivity contribution in [3.05, 3.63) is 41.6 Å². The zero-order valence-electron chi connectivity index (χ0n) is 15.2. The molecule has 1 aliphatic rings. The Morgan fingerprint density at radius 2 is 1.73 bits per heavy atom. The van der Waals surface area contributed by atoms with Crippen LogP contribution in [0.3, 0.4) is 0 Å². The molecule has 3 rings (SSSR count). The van der Waals surface area contributed by atoms with Gasteiger partial charge in [-0.15, -0.1) is 0 Å². The molecule has 1 aromatic heterocycles. The molecule has 7 nitrogen and oxygen atoms in total. The molecule has 0 saturated carbocycles. The summed E-state index contributed by atoms with van der Waals surface area (Å²) in [6.45, 7) is 6.57. The number of anilines is 2. The number of benzene rings is 1. The normalized spacial score (nSPS) is 14.6. The number of hydrogen-bond acceptors (Lipinski definition) is 6. The molecule has 0 aliphatic carbocycles. The van der Waals surface area contributed by atoms with Crippen molar-refractivity contribution in [3.63, 3.8) is 0 Å². The lowest BCUT2D eigenvalue weighted by Crippen LogP contribution is -2.29. The molecule has 8 heteroatoms. The summed E-state index contributed by atoms with van der Waals surface area (Å²) in [4.78, 5) is 11.4. The fraction of sp³-hybridized carbons (Fsp3) is 0.444. The lowest BCUT2D eigenvalue weighted by Gasteiger charge is -2.17. The molecule has 1 aliphatic heterocycles. The van der Waals surface area contributed by atoms with Crippen molar-refractivity contribution < 1.29 is 8.42 Å². The van der Waals surface area contributed by atoms with Crippen LogP contribution in [-0.4, -0.2) is 44.6 Å². The van der Waals surface area contributed by atoms with E-state index in [1.807, 2.05) is 19.9 Å². The van der Waals surface area contributed by atoms with Crippen molar-refractivity contribution in [3.8, 4) is 0 Å². The highest BCUT2D eigenvalue weighted by Gasteiger charge is 2.15. The van der Waals surface area contributed by atoms with Gasteiger partial charge in [0.25, 0.3) is 0 Å². The minimum atomic E-state index is -3.50. The Labute approximate surface area is 154 Å². The molecule has 2 heterocycles. The molecular formula is C18H25N5O2S. The lowest BCUT2D eigenvalue weighted by atomic mass is 10.2. The molecule has 1 aromatic carbocycles. The lowest BCUT2D eigenvalue weighted by molar-refractivity contribution is 0.583. The standard InChI is InChI=1S/C18H25N5O2S/c1-14-5-7-16(8-6-14)26(24,25)20-10-9-19-18-21-15(2)13-17(22-18)23-11-3-4-12-23/h5-8,13,20H,3-4,9-12H2,1-2H3,(H,19,21,22). The molecule has 1 saturated heterocycles. The maximum Gasteiger partial charge on any atom is 0.240 e. The van der Waals surface area contributed by atoms with E-state index in [1.165, 1.54) is 12.8 Å². The van der Waals surface area contributed by atoms with Crippen LogP contribution >= 0.6 is 0 Å². The molecular weight excluding hydrogens is 350 g/mol. The Morgan fingerprint density at radius 3 is 2.42 bits per heavy atom. The third-order valence-electron chi connectivity index (χ3n) is 4.30. The highest BCUT2D eigenvalue weighted by Crippen LogP contribution is 2.19. The monoisotopic (exact) mass is 375 g/mol. The van der Waals surface area contributed by atoms with Crippen molar-refractivity contribution in [1.82, 2.24) is 14.7 Å². The van der Waals surface area contributed by atoms with E-state index in [4.69, 9.17) is 0 Å². The van der Waals surface area contributed by atoms with Gasteiger partial charge >= 0.3 is 0 Å². The van der Waals surface area contributed by atoms with E-state index in [0.717, 1.165) is 30.2 Å². The summed E-state index contributed by atoms with van der Waals surface area (Å²) in [5.41, 5.74) is 1.92. The van der Waals surface area contributed by atoms with E-state index in [0.29, 0.717) is 12.5 Å². The van der Waals surface area contributed by atoms with Crippen LogP contribution in [0.15, 0.2) is 35.2 Å². The highest BCUT2D eigenvalue weighted by atomic mass is 32.2. The number of sulfonamides is 1. The first-order valence-corrected chi connectivity index (χ1v) is 10.3. The van der Waals surface area contributed by atoms with Gasteiger partial charge < -0.3 is 10.2 Å². The minimum absolute atomic E-state index is 0.257. The van der Waals surface area contributed by atoms with E-state index in [9.17, 15) is 8.42 Å². The largest absolute Gasteiger partial charge is 0.356 e. The highest BCUT2D eigenvalue weighted by molar-refractivity contribution is 7.89. The van der Waals surface area contributed by atoms with Crippen LogP contribution in [-0.2, 0) is 10.0 Å². The number of hydrogen-bond donors (Lipinski definition) is 2. The number of aryl methyl sites for hydroxylation is 2. The van der Waals surface area contributed by atoms with Gasteiger partial charge in [0.05, 0.1) is 4.90 Å². The van der Waals surface area contributed by atoms with Crippen molar-refractivity contribution >= 4 is 21.8 Å². The van der Waals surface area contributed by atoms with Crippen LogP contribution in [0, 0.1) is 13.8 Å². The smallest absolute Gasteiger partial charge is 0.240 e. The van der Waals surface area contributed by atoms with Crippen molar-refractivity contribution in [2.45, 2.75) is 31.6 Å². The molecule has 0 atom stereocenters. The Kier molecular flexibility index (Phi) is 5.73. The minimum Gasteiger partial charge on any atom is -0.356 e. The summed E-state index contributed by atoms with van der Waals surface area (Å²) in [6.07, 6.45) is 2.37. The summed E-state index contributed by atoms with van der Waals surface area (Å²) < 4.78 is 27.1. The average Bonchev–Trinajstić information content (AvgIpc) is 3.13. The third-order valence-corrected chi connectivity index (χ3v) is 5.78. The topological polar surface area (TPSA) is 87.2 Å². The van der Waals surface area contributed by atoms with Gasteiger partial charge in [-0.25, -0.2) is 18.1 Å². The molecule has 2 N–H and O–H groups in total. The fourth-order valence-electron chi connectivity index (χ4n) is 2.90. The summed E-state index contributed by atoms with van der Waals surface area (Å²) in [5.74, 6) is 1.46. The van der Waals surface area contributed by atoms with Gasteiger partial charge in [0.1, 0.15) is 5.82 Å². The van der Waals surface area contributed by atoms with Crippen LogP contribution in [0.4, 0.5) is 11.8 Å². The van der Waals surface area contributed by atoms with Gasteiger partial charge in [-0.3, -0.25) is 0 Å². The predicted octanol–water partition coefficient (Wildman–Crippen LogP) is 2.08. The van der Waals surface area contributed by atoms with Crippen molar-refractivity contribution in [1.29, 1.82) is 0 Å². The molecule has 140 valence electrons. The van der Waals surface area contributed by atoms with Crippen LogP contribution < -0.4 is 14.9 Å². The Morgan fingerprint density at radius 1 is 1.04 bits per heavy atom. The quantitative estimate of drug-likeness (QED) is 0.721. The third kappa shape index (κ3) is 4.70. The zero-order valence-corrected chi connectivity index (χ0v) is 16.0. The molecule has 0 bridgehead atoms. The Bertz CT molecular complexity index is 846. The summed E-state index contributed by atoms with van der Waals surface area (Å²) >= 11 is 0. The first kappa shape index (κ1) is 18.6. The van der Waals surface area contributed by atoms with Gasteiger partial charge in [0.2, 0.25) is 16.0 Å². The van der Waals surface area contributed by atoms with Gasteiger partial charge in [-0.05, 0) is 38.8 Å². The van der Waals surface area contributed by atoms with Crippen LogP contribution in [0.1, 0.15) is 24.1 Å². The maximum atomic E-state index is 12.3. The molecule has 0 spiro atoms. The zero-order chi connectivity index (χ0) is 18.6. The predicted molar refractivity (Wildman–Crippen MR) is 103 cm³/mol. The number of nitrogens with zero attached hydrogens (tertiary/aromatic N) is 3. The molecule has 2 aromatic rings. The molecule has 1 fully saturated rings.